The molecule has 3 nitrogen and oxygen atoms in total. The highest BCUT2D eigenvalue weighted by atomic mass is 16.7. The van der Waals surface area contributed by atoms with Gasteiger partial charge in [-0.3, -0.25) is 4.79 Å². The average molecular weight is 140 g/mol. The summed E-state index contributed by atoms with van der Waals surface area (Å²) in [4.78, 5) is 10.9. The Morgan fingerprint density at radius 3 is 3.20 bits per heavy atom. The third kappa shape index (κ3) is 0.701. The van der Waals surface area contributed by atoms with Crippen LogP contribution in [0.3, 0.4) is 0 Å². The van der Waals surface area contributed by atoms with Crippen LogP contribution in [0, 0.1) is 5.92 Å². The molecule has 2 aliphatic rings. The second kappa shape index (κ2) is 2.01. The summed E-state index contributed by atoms with van der Waals surface area (Å²) in [6.07, 6.45) is 3.76. The molecule has 1 aliphatic carbocycles. The Labute approximate surface area is 58.6 Å². The third-order valence-corrected chi connectivity index (χ3v) is 1.86. The van der Waals surface area contributed by atoms with Gasteiger partial charge in [-0.2, -0.15) is 0 Å². The second-order valence-electron chi connectivity index (χ2n) is 2.46. The molecule has 0 radical (unpaired) electrons. The molecule has 0 aromatic carbocycles. The van der Waals surface area contributed by atoms with E-state index in [-0.39, 0.29) is 18.7 Å². The first-order valence-electron chi connectivity index (χ1n) is 3.37. The van der Waals surface area contributed by atoms with Crippen LogP contribution in [0.1, 0.15) is 12.8 Å². The maximum Gasteiger partial charge on any atom is 0.319 e. The molecule has 0 bridgehead atoms. The van der Waals surface area contributed by atoms with Crippen molar-refractivity contribution in [3.8, 4) is 0 Å². The van der Waals surface area contributed by atoms with Gasteiger partial charge in [0.15, 0.2) is 0 Å². The highest BCUT2D eigenvalue weighted by molar-refractivity contribution is 5.76. The van der Waals surface area contributed by atoms with Crippen molar-refractivity contribution in [3.05, 3.63) is 11.8 Å². The predicted molar refractivity (Wildman–Crippen MR) is 32.9 cm³/mol. The number of allylic oxidation sites excluding steroid dienone is 1. The zero-order valence-corrected chi connectivity index (χ0v) is 5.50. The molecule has 0 aromatic heterocycles. The minimum Gasteiger partial charge on any atom is -0.461 e. The predicted octanol–water partition coefficient (Wildman–Crippen LogP) is 0.811. The van der Waals surface area contributed by atoms with Gasteiger partial charge in [0.1, 0.15) is 11.7 Å². The van der Waals surface area contributed by atoms with Gasteiger partial charge in [-0.15, -0.1) is 0 Å². The molecule has 0 saturated carbocycles. The van der Waals surface area contributed by atoms with Crippen molar-refractivity contribution in [1.82, 2.24) is 0 Å². The van der Waals surface area contributed by atoms with Gasteiger partial charge in [0, 0.05) is 0 Å². The lowest BCUT2D eigenvalue weighted by atomic mass is 10.1. The van der Waals surface area contributed by atoms with E-state index >= 15 is 0 Å². The summed E-state index contributed by atoms with van der Waals surface area (Å²) in [7, 11) is 0. The molecule has 10 heavy (non-hydrogen) atoms. The number of hydrogen-bond acceptors (Lipinski definition) is 3. The molecule has 1 fully saturated rings. The summed E-state index contributed by atoms with van der Waals surface area (Å²) in [5.74, 6) is 0.597. The molecule has 0 amide bonds. The minimum atomic E-state index is -0.130. The van der Waals surface area contributed by atoms with Crippen LogP contribution in [0.4, 0.5) is 0 Å². The number of carbonyl (C=O) groups excluding carboxylic acids is 1. The van der Waals surface area contributed by atoms with E-state index < -0.39 is 0 Å². The standard InChI is InChI=1S/C7H8O3/c8-7-5-2-1-3-6(5)9-4-10-7/h3,5H,1-2,4H2. The molecule has 3 heteroatoms. The smallest absolute Gasteiger partial charge is 0.319 e. The third-order valence-electron chi connectivity index (χ3n) is 1.86. The van der Waals surface area contributed by atoms with Crippen molar-refractivity contribution in [2.45, 2.75) is 12.8 Å². The summed E-state index contributed by atoms with van der Waals surface area (Å²) in [6.45, 7) is 0.0984. The Kier molecular flexibility index (Phi) is 1.16. The van der Waals surface area contributed by atoms with E-state index in [0.717, 1.165) is 18.6 Å². The largest absolute Gasteiger partial charge is 0.461 e. The van der Waals surface area contributed by atoms with Crippen LogP contribution in [-0.4, -0.2) is 12.8 Å². The monoisotopic (exact) mass is 140 g/mol. The molecule has 0 spiro atoms. The van der Waals surface area contributed by atoms with Gasteiger partial charge in [-0.05, 0) is 18.9 Å². The molecule has 1 heterocycles. The lowest BCUT2D eigenvalue weighted by Crippen LogP contribution is -2.25. The molecule has 1 aliphatic heterocycles. The summed E-state index contributed by atoms with van der Waals surface area (Å²) < 4.78 is 9.78. The van der Waals surface area contributed by atoms with Crippen LogP contribution in [0.15, 0.2) is 11.8 Å². The van der Waals surface area contributed by atoms with E-state index in [4.69, 9.17) is 4.74 Å². The van der Waals surface area contributed by atoms with Crippen LogP contribution >= 0.6 is 0 Å². The molecule has 0 aromatic rings. The first-order chi connectivity index (χ1) is 4.88. The van der Waals surface area contributed by atoms with Crippen molar-refractivity contribution in [2.24, 2.45) is 5.92 Å². The zero-order chi connectivity index (χ0) is 6.97. The van der Waals surface area contributed by atoms with Crippen molar-refractivity contribution in [3.63, 3.8) is 0 Å². The molecule has 1 saturated heterocycles. The normalized spacial score (nSPS) is 30.2. The van der Waals surface area contributed by atoms with Crippen molar-refractivity contribution in [1.29, 1.82) is 0 Å². The fourth-order valence-corrected chi connectivity index (χ4v) is 1.33. The Bertz CT molecular complexity index is 195. The van der Waals surface area contributed by atoms with Gasteiger partial charge in [0.05, 0.1) is 0 Å². The molecule has 54 valence electrons. The number of rotatable bonds is 0. The topological polar surface area (TPSA) is 35.5 Å². The Morgan fingerprint density at radius 2 is 2.40 bits per heavy atom. The van der Waals surface area contributed by atoms with E-state index in [1.54, 1.807) is 0 Å². The van der Waals surface area contributed by atoms with Crippen molar-refractivity contribution >= 4 is 5.97 Å². The SMILES string of the molecule is O=C1OCOC2=CCCC12. The van der Waals surface area contributed by atoms with Crippen LogP contribution in [-0.2, 0) is 14.3 Å². The first-order valence-corrected chi connectivity index (χ1v) is 3.37. The number of fused-ring (bicyclic) bond motifs is 1. The molecule has 1 atom stereocenters. The van der Waals surface area contributed by atoms with Gasteiger partial charge in [-0.25, -0.2) is 0 Å². The quantitative estimate of drug-likeness (QED) is 0.467. The number of hydrogen-bond donors (Lipinski definition) is 0. The number of cyclic esters (lactones) is 1. The molecular formula is C7H8O3. The summed E-state index contributed by atoms with van der Waals surface area (Å²) >= 11 is 0. The van der Waals surface area contributed by atoms with Crippen LogP contribution < -0.4 is 0 Å². The molecule has 0 N–H and O–H groups in total. The average Bonchev–Trinajstić information content (AvgIpc) is 2.36. The van der Waals surface area contributed by atoms with Crippen molar-refractivity contribution in [2.75, 3.05) is 6.79 Å². The van der Waals surface area contributed by atoms with E-state index in [1.165, 1.54) is 0 Å². The highest BCUT2D eigenvalue weighted by Crippen LogP contribution is 2.30. The zero-order valence-electron chi connectivity index (χ0n) is 5.50. The van der Waals surface area contributed by atoms with Gasteiger partial charge >= 0.3 is 5.97 Å². The van der Waals surface area contributed by atoms with Crippen LogP contribution in [0.25, 0.3) is 0 Å². The van der Waals surface area contributed by atoms with Crippen LogP contribution in [0.5, 0.6) is 0 Å². The molecule has 2 rings (SSSR count). The number of ether oxygens (including phenoxy) is 2. The summed E-state index contributed by atoms with van der Waals surface area (Å²) in [5, 5.41) is 0. The highest BCUT2D eigenvalue weighted by Gasteiger charge is 2.32. The summed E-state index contributed by atoms with van der Waals surface area (Å²) in [5.41, 5.74) is 0. The van der Waals surface area contributed by atoms with E-state index in [2.05, 4.69) is 4.74 Å². The van der Waals surface area contributed by atoms with E-state index in [9.17, 15) is 4.79 Å². The van der Waals surface area contributed by atoms with Gasteiger partial charge in [0.2, 0.25) is 6.79 Å². The Balaban J connectivity index is 2.21. The fraction of sp³-hybridized carbons (Fsp3) is 0.571. The van der Waals surface area contributed by atoms with Crippen LogP contribution in [0.2, 0.25) is 0 Å². The Morgan fingerprint density at radius 1 is 1.50 bits per heavy atom. The fourth-order valence-electron chi connectivity index (χ4n) is 1.33. The lowest BCUT2D eigenvalue weighted by molar-refractivity contribution is -0.168. The van der Waals surface area contributed by atoms with E-state index in [1.807, 2.05) is 6.08 Å². The maximum atomic E-state index is 10.9. The molecule has 1 unspecified atom stereocenters. The summed E-state index contributed by atoms with van der Waals surface area (Å²) in [6, 6.07) is 0. The van der Waals surface area contributed by atoms with Gasteiger partial charge in [0.25, 0.3) is 0 Å². The molecular weight excluding hydrogens is 132 g/mol. The van der Waals surface area contributed by atoms with Gasteiger partial charge < -0.3 is 9.47 Å². The minimum absolute atomic E-state index is 0.0891. The maximum absolute atomic E-state index is 10.9. The second-order valence-corrected chi connectivity index (χ2v) is 2.46. The van der Waals surface area contributed by atoms with E-state index in [0.29, 0.717) is 0 Å². The Hall–Kier alpha value is -0.990. The number of carbonyl (C=O) groups is 1. The lowest BCUT2D eigenvalue weighted by Gasteiger charge is -2.20. The van der Waals surface area contributed by atoms with Crippen molar-refractivity contribution < 1.29 is 14.3 Å². The van der Waals surface area contributed by atoms with Gasteiger partial charge in [-0.1, -0.05) is 0 Å². The first kappa shape index (κ1) is 5.77. The number of esters is 1.